The van der Waals surface area contributed by atoms with Crippen LogP contribution in [0.1, 0.15) is 88.9 Å². The van der Waals surface area contributed by atoms with Gasteiger partial charge in [0.1, 0.15) is 16.8 Å². The molecule has 2 atom stereocenters. The summed E-state index contributed by atoms with van der Waals surface area (Å²) in [6.45, 7) is 3.04. The summed E-state index contributed by atoms with van der Waals surface area (Å²) >= 11 is 6.41. The Hall–Kier alpha value is -5.61. The number of para-hydroxylation sites is 1. The number of nitrogens with one attached hydrogen (secondary N) is 5. The second kappa shape index (κ2) is 18.8. The first-order chi connectivity index (χ1) is 27.1. The Bertz CT molecular complexity index is 1980. The maximum absolute atomic E-state index is 13.2. The molecule has 3 aliphatic heterocycles. The number of carbonyl (C=O) groups is 6. The largest absolute Gasteiger partial charge is 0.483 e. The highest BCUT2D eigenvalue weighted by Gasteiger charge is 2.46. The van der Waals surface area contributed by atoms with E-state index in [4.69, 9.17) is 16.3 Å². The van der Waals surface area contributed by atoms with Crippen molar-refractivity contribution < 1.29 is 33.5 Å². The van der Waals surface area contributed by atoms with Gasteiger partial charge in [0, 0.05) is 32.6 Å². The van der Waals surface area contributed by atoms with E-state index >= 15 is 0 Å². The molecule has 0 bridgehead atoms. The number of rotatable bonds is 17. The Labute approximate surface area is 329 Å². The van der Waals surface area contributed by atoms with Gasteiger partial charge in [-0.05, 0) is 69.5 Å². The summed E-state index contributed by atoms with van der Waals surface area (Å²) in [7, 11) is 1.58. The summed E-state index contributed by atoms with van der Waals surface area (Å²) in [4.78, 5) is 87.3. The standard InChI is InChI=1S/C39H46ClN9O7/c1-41-35(52)25-12-5-6-14-28(25)45-34-27(40)21-43-39(47-34)44-24-11-10-20-48(22-24)19-8-4-2-3-7-18-42-32(51)23-56-30-15-9-13-26-33(30)38(55)49(37(26)54)29-16-17-31(50)46-36(29)53/h5-6,9,12-15,21,24,29H,2-4,7-8,10-11,16-20,22-23H2,1H3,(H,41,52)(H,42,51)(H,46,50,53)(H2,43,44,45,47)/t24-,29?/m1/s1. The third-order valence-electron chi connectivity index (χ3n) is 10.00. The second-order valence-corrected chi connectivity index (χ2v) is 14.4. The average Bonchev–Trinajstić information content (AvgIpc) is 3.45. The minimum atomic E-state index is -1.08. The Kier molecular flexibility index (Phi) is 13.5. The van der Waals surface area contributed by atoms with E-state index in [1.54, 1.807) is 37.5 Å². The SMILES string of the molecule is CNC(=O)c1ccccc1Nc1nc(N[C@@H]2CCCN(CCCCCCCNC(=O)COc3cccc4c3C(=O)N(C3CCC(=O)NC3=O)C4=O)C2)ncc1Cl. The van der Waals surface area contributed by atoms with E-state index in [2.05, 4.69) is 41.5 Å². The molecule has 2 aromatic carbocycles. The van der Waals surface area contributed by atoms with Crippen LogP contribution in [-0.2, 0) is 14.4 Å². The van der Waals surface area contributed by atoms with Gasteiger partial charge in [0.25, 0.3) is 23.6 Å². The molecule has 0 spiro atoms. The summed E-state index contributed by atoms with van der Waals surface area (Å²) < 4.78 is 5.66. The van der Waals surface area contributed by atoms with E-state index < -0.39 is 29.7 Å². The number of ether oxygens (including phenoxy) is 1. The molecule has 17 heteroatoms. The third kappa shape index (κ3) is 9.78. The third-order valence-corrected chi connectivity index (χ3v) is 10.3. The first-order valence-electron chi connectivity index (χ1n) is 19.0. The van der Waals surface area contributed by atoms with Crippen LogP contribution in [0.2, 0.25) is 5.02 Å². The Morgan fingerprint density at radius 2 is 1.79 bits per heavy atom. The molecule has 6 rings (SSSR count). The van der Waals surface area contributed by atoms with Crippen LogP contribution in [0.5, 0.6) is 5.75 Å². The molecular formula is C39H46ClN9O7. The summed E-state index contributed by atoms with van der Waals surface area (Å²) in [6.07, 6.45) is 8.61. The van der Waals surface area contributed by atoms with Gasteiger partial charge in [-0.1, -0.05) is 49.1 Å². The highest BCUT2D eigenvalue weighted by atomic mass is 35.5. The monoisotopic (exact) mass is 787 g/mol. The van der Waals surface area contributed by atoms with E-state index in [9.17, 15) is 28.8 Å². The lowest BCUT2D eigenvalue weighted by molar-refractivity contribution is -0.136. The van der Waals surface area contributed by atoms with E-state index in [-0.39, 0.29) is 54.2 Å². The molecule has 296 valence electrons. The number of halogens is 1. The number of aromatic nitrogens is 2. The zero-order valence-electron chi connectivity index (χ0n) is 31.2. The van der Waals surface area contributed by atoms with Crippen molar-refractivity contribution in [2.24, 2.45) is 0 Å². The average molecular weight is 788 g/mol. The molecule has 1 unspecified atom stereocenters. The molecule has 0 saturated carbocycles. The molecule has 5 N–H and O–H groups in total. The number of hydrogen-bond donors (Lipinski definition) is 5. The number of unbranched alkanes of at least 4 members (excludes halogenated alkanes) is 4. The molecule has 1 aromatic heterocycles. The summed E-state index contributed by atoms with van der Waals surface area (Å²) in [6, 6.07) is 10.8. The molecule has 4 heterocycles. The molecule has 3 aliphatic rings. The van der Waals surface area contributed by atoms with Crippen LogP contribution in [0, 0.1) is 0 Å². The summed E-state index contributed by atoms with van der Waals surface area (Å²) in [5, 5.41) is 14.6. The summed E-state index contributed by atoms with van der Waals surface area (Å²) in [5.41, 5.74) is 1.17. The Morgan fingerprint density at radius 1 is 0.982 bits per heavy atom. The molecule has 2 saturated heterocycles. The lowest BCUT2D eigenvalue weighted by atomic mass is 10.0. The second-order valence-electron chi connectivity index (χ2n) is 14.0. The van der Waals surface area contributed by atoms with E-state index in [1.807, 2.05) is 6.07 Å². The molecule has 56 heavy (non-hydrogen) atoms. The van der Waals surface area contributed by atoms with E-state index in [1.165, 1.54) is 12.1 Å². The predicted molar refractivity (Wildman–Crippen MR) is 208 cm³/mol. The van der Waals surface area contributed by atoms with Gasteiger partial charge in [-0.3, -0.25) is 39.0 Å². The summed E-state index contributed by atoms with van der Waals surface area (Å²) in [5.74, 6) is -2.07. The number of benzene rings is 2. The van der Waals surface area contributed by atoms with Gasteiger partial charge in [-0.25, -0.2) is 4.98 Å². The fourth-order valence-electron chi connectivity index (χ4n) is 7.15. The topological polar surface area (TPSA) is 204 Å². The van der Waals surface area contributed by atoms with Crippen molar-refractivity contribution in [1.82, 2.24) is 35.7 Å². The van der Waals surface area contributed by atoms with Crippen molar-refractivity contribution >= 4 is 64.5 Å². The molecule has 16 nitrogen and oxygen atoms in total. The Morgan fingerprint density at radius 3 is 2.61 bits per heavy atom. The predicted octanol–water partition coefficient (Wildman–Crippen LogP) is 3.66. The number of likely N-dealkylation sites (tertiary alicyclic amines) is 1. The van der Waals surface area contributed by atoms with Crippen molar-refractivity contribution in [1.29, 1.82) is 0 Å². The lowest BCUT2D eigenvalue weighted by Crippen LogP contribution is -2.54. The highest BCUT2D eigenvalue weighted by molar-refractivity contribution is 6.33. The molecule has 3 aromatic rings. The first-order valence-corrected chi connectivity index (χ1v) is 19.3. The van der Waals surface area contributed by atoms with Gasteiger partial charge in [-0.2, -0.15) is 4.98 Å². The van der Waals surface area contributed by atoms with Gasteiger partial charge in [0.05, 0.1) is 28.6 Å². The van der Waals surface area contributed by atoms with Crippen molar-refractivity contribution in [3.05, 3.63) is 70.4 Å². The molecule has 2 fully saturated rings. The number of nitrogens with zero attached hydrogens (tertiary/aromatic N) is 4. The zero-order chi connectivity index (χ0) is 39.6. The van der Waals surface area contributed by atoms with Crippen LogP contribution in [0.3, 0.4) is 0 Å². The van der Waals surface area contributed by atoms with Gasteiger partial charge < -0.3 is 30.9 Å². The molecule has 6 amide bonds. The fourth-order valence-corrected chi connectivity index (χ4v) is 7.29. The van der Waals surface area contributed by atoms with Crippen molar-refractivity contribution in [3.8, 4) is 5.75 Å². The van der Waals surface area contributed by atoms with Gasteiger partial charge in [-0.15, -0.1) is 0 Å². The minimum absolute atomic E-state index is 0.00655. The quantitative estimate of drug-likeness (QED) is 0.0983. The number of imide groups is 2. The smallest absolute Gasteiger partial charge is 0.266 e. The molecule has 0 aliphatic carbocycles. The Balaban J connectivity index is 0.861. The number of hydrogen-bond acceptors (Lipinski definition) is 12. The molecule has 0 radical (unpaired) electrons. The zero-order valence-corrected chi connectivity index (χ0v) is 32.0. The van der Waals surface area contributed by atoms with Gasteiger partial charge in [0.15, 0.2) is 12.4 Å². The fraction of sp³-hybridized carbons (Fsp3) is 0.436. The van der Waals surface area contributed by atoms with Crippen LogP contribution in [0.4, 0.5) is 17.5 Å². The number of anilines is 3. The number of amides is 6. The van der Waals surface area contributed by atoms with Crippen LogP contribution < -0.4 is 31.3 Å². The van der Waals surface area contributed by atoms with Crippen molar-refractivity contribution in [2.75, 3.05) is 50.5 Å². The maximum Gasteiger partial charge on any atom is 0.266 e. The van der Waals surface area contributed by atoms with Gasteiger partial charge >= 0.3 is 0 Å². The maximum atomic E-state index is 13.2. The number of piperidine rings is 2. The first kappa shape index (κ1) is 40.1. The normalized spacial score (nSPS) is 18.3. The van der Waals surface area contributed by atoms with Crippen molar-refractivity contribution in [2.45, 2.75) is 69.9 Å². The van der Waals surface area contributed by atoms with Crippen LogP contribution in [-0.4, -0.2) is 107 Å². The molecular weight excluding hydrogens is 742 g/mol. The lowest BCUT2D eigenvalue weighted by Gasteiger charge is -2.33. The van der Waals surface area contributed by atoms with Crippen LogP contribution >= 0.6 is 11.6 Å². The highest BCUT2D eigenvalue weighted by Crippen LogP contribution is 2.34. The van der Waals surface area contributed by atoms with E-state index in [0.717, 1.165) is 69.5 Å². The minimum Gasteiger partial charge on any atom is -0.483 e. The number of carbonyl (C=O) groups excluding carboxylic acids is 6. The van der Waals surface area contributed by atoms with Crippen LogP contribution in [0.15, 0.2) is 48.7 Å². The van der Waals surface area contributed by atoms with Crippen molar-refractivity contribution in [3.63, 3.8) is 0 Å². The van der Waals surface area contributed by atoms with Gasteiger partial charge in [0.2, 0.25) is 17.8 Å². The van der Waals surface area contributed by atoms with E-state index in [0.29, 0.717) is 34.6 Å². The van der Waals surface area contributed by atoms with Crippen LogP contribution in [0.25, 0.3) is 0 Å². The number of fused-ring (bicyclic) bond motifs is 1.